The van der Waals surface area contributed by atoms with Gasteiger partial charge in [0, 0.05) is 60.9 Å². The summed E-state index contributed by atoms with van der Waals surface area (Å²) in [4.78, 5) is 35.5. The number of H-pyrrole nitrogens is 1. The molecule has 7 rings (SSSR count). The van der Waals surface area contributed by atoms with Crippen molar-refractivity contribution in [1.82, 2.24) is 25.7 Å². The summed E-state index contributed by atoms with van der Waals surface area (Å²) in [5, 5.41) is 5.78. The van der Waals surface area contributed by atoms with E-state index in [9.17, 15) is 9.59 Å². The zero-order chi connectivity index (χ0) is 35.9. The van der Waals surface area contributed by atoms with Gasteiger partial charge in [0.05, 0.1) is 25.0 Å². The van der Waals surface area contributed by atoms with E-state index in [2.05, 4.69) is 64.9 Å². The summed E-state index contributed by atoms with van der Waals surface area (Å²) in [5.41, 5.74) is 11.2. The molecule has 4 heterocycles. The highest BCUT2D eigenvalue weighted by molar-refractivity contribution is 5.94. The smallest absolute Gasteiger partial charge is 0.408 e. The van der Waals surface area contributed by atoms with E-state index in [0.717, 1.165) is 70.1 Å². The Morgan fingerprint density at radius 2 is 1.96 bits per heavy atom. The topological polar surface area (TPSA) is 118 Å². The Morgan fingerprint density at radius 3 is 2.76 bits per heavy atom. The first-order chi connectivity index (χ1) is 24.4. The van der Waals surface area contributed by atoms with Crippen LogP contribution in [0.25, 0.3) is 33.3 Å². The Hall–Kier alpha value is -4.25. The Balaban J connectivity index is 1.31. The number of nitrogens with zero attached hydrogens (tertiary/aromatic N) is 2. The largest absolute Gasteiger partial charge is 0.444 e. The number of aromatic amines is 1. The molecule has 4 atom stereocenters. The molecule has 2 aromatic heterocycles. The van der Waals surface area contributed by atoms with E-state index in [4.69, 9.17) is 14.2 Å². The standard InChI is InChI=1S/C41H51N5O5/c1-40(2,3)51-39(48)44-35-18-25-9-7-10-26(17-25)27-12-13-33-29(19-27)31(37(43-33)32-22-42-15-14-28(32)23-49-6)21-41(4,5)24-50-36-20-30(36)34-11-8-16-46(45-34)38(35)47/h7,9-10,12-15,17,19,22,30,34-36,43,45H,8,11,16,18,20-21,23-24H2,1-6H3,(H,44,48)/t30?,34-,35-,36?/m0/s1. The highest BCUT2D eigenvalue weighted by Crippen LogP contribution is 2.42. The Labute approximate surface area is 300 Å². The molecule has 2 aromatic carbocycles. The molecule has 2 unspecified atom stereocenters. The number of pyridine rings is 1. The number of ether oxygens (including phenoxy) is 3. The van der Waals surface area contributed by atoms with Crippen molar-refractivity contribution in [2.75, 3.05) is 20.3 Å². The zero-order valence-electron chi connectivity index (χ0n) is 30.7. The van der Waals surface area contributed by atoms with Crippen LogP contribution in [0, 0.1) is 11.3 Å². The maximum absolute atomic E-state index is 14.2. The Bertz CT molecular complexity index is 1910. The predicted molar refractivity (Wildman–Crippen MR) is 198 cm³/mol. The van der Waals surface area contributed by atoms with Crippen LogP contribution < -0.4 is 10.7 Å². The minimum atomic E-state index is -0.808. The number of amides is 2. The van der Waals surface area contributed by atoms with Crippen molar-refractivity contribution in [1.29, 1.82) is 0 Å². The van der Waals surface area contributed by atoms with Crippen LogP contribution in [0.1, 0.15) is 70.6 Å². The third-order valence-corrected chi connectivity index (χ3v) is 10.2. The first kappa shape index (κ1) is 35.2. The predicted octanol–water partition coefficient (Wildman–Crippen LogP) is 6.96. The van der Waals surface area contributed by atoms with Gasteiger partial charge in [-0.25, -0.2) is 10.2 Å². The highest BCUT2D eigenvalue weighted by Gasteiger charge is 2.47. The third kappa shape index (κ3) is 7.98. The number of aromatic nitrogens is 2. The van der Waals surface area contributed by atoms with Crippen LogP contribution in [-0.2, 0) is 38.5 Å². The van der Waals surface area contributed by atoms with Gasteiger partial charge in [-0.3, -0.25) is 14.8 Å². The summed E-state index contributed by atoms with van der Waals surface area (Å²) >= 11 is 0. The minimum absolute atomic E-state index is 0.130. The van der Waals surface area contributed by atoms with Crippen LogP contribution in [0.15, 0.2) is 60.9 Å². The number of benzene rings is 2. The summed E-state index contributed by atoms with van der Waals surface area (Å²) in [6.07, 6.45) is 7.20. The van der Waals surface area contributed by atoms with Gasteiger partial charge in [-0.15, -0.1) is 0 Å². The zero-order valence-corrected chi connectivity index (χ0v) is 30.7. The first-order valence-electron chi connectivity index (χ1n) is 18.2. The maximum atomic E-state index is 14.2. The van der Waals surface area contributed by atoms with Crippen molar-refractivity contribution in [3.05, 3.63) is 77.6 Å². The number of rotatable bonds is 4. The van der Waals surface area contributed by atoms with Crippen molar-refractivity contribution in [3.8, 4) is 22.4 Å². The van der Waals surface area contributed by atoms with Crippen LogP contribution in [0.4, 0.5) is 4.79 Å². The van der Waals surface area contributed by atoms with Crippen LogP contribution in [0.2, 0.25) is 0 Å². The number of hydrazine groups is 1. The van der Waals surface area contributed by atoms with Crippen molar-refractivity contribution in [2.45, 2.75) is 97.1 Å². The molecular formula is C41H51N5O5. The quantitative estimate of drug-likeness (QED) is 0.212. The van der Waals surface area contributed by atoms with E-state index >= 15 is 0 Å². The molecule has 51 heavy (non-hydrogen) atoms. The fourth-order valence-corrected chi connectivity index (χ4v) is 7.67. The molecule has 10 heteroatoms. The van der Waals surface area contributed by atoms with Crippen LogP contribution in [0.3, 0.4) is 0 Å². The molecule has 1 saturated heterocycles. The van der Waals surface area contributed by atoms with Gasteiger partial charge in [-0.2, -0.15) is 0 Å². The van der Waals surface area contributed by atoms with Gasteiger partial charge < -0.3 is 24.5 Å². The van der Waals surface area contributed by atoms with E-state index in [1.165, 1.54) is 5.56 Å². The molecule has 2 aliphatic heterocycles. The molecule has 6 bridgehead atoms. The van der Waals surface area contributed by atoms with Crippen LogP contribution in [-0.4, -0.2) is 71.0 Å². The molecule has 2 fully saturated rings. The molecule has 0 spiro atoms. The van der Waals surface area contributed by atoms with Gasteiger partial charge >= 0.3 is 6.09 Å². The number of alkyl carbamates (subject to hydrolysis) is 1. The maximum Gasteiger partial charge on any atom is 0.408 e. The molecule has 0 radical (unpaired) electrons. The molecule has 3 N–H and O–H groups in total. The number of hydrogen-bond donors (Lipinski definition) is 3. The summed E-state index contributed by atoms with van der Waals surface area (Å²) in [6.45, 7) is 11.7. The lowest BCUT2D eigenvalue weighted by Gasteiger charge is -2.36. The monoisotopic (exact) mass is 693 g/mol. The lowest BCUT2D eigenvalue weighted by atomic mass is 9.84. The molecule has 1 aliphatic carbocycles. The SMILES string of the molecule is COCc1ccncc1-c1[nH]c2ccc3cc2c1CC(C)(C)COC1CC1[C@@H]1CCCN(N1)C(=O)[C@@H](NC(=O)OC(C)(C)C)Cc1cccc-3c1. The number of methoxy groups -OCH3 is 1. The number of nitrogens with one attached hydrogen (secondary N) is 3. The number of carbonyl (C=O) groups excluding carboxylic acids is 2. The van der Waals surface area contributed by atoms with Crippen molar-refractivity contribution < 1.29 is 23.8 Å². The molecular weight excluding hydrogens is 642 g/mol. The van der Waals surface area contributed by atoms with Gasteiger partial charge in [0.25, 0.3) is 5.91 Å². The molecule has 3 aliphatic rings. The van der Waals surface area contributed by atoms with Crippen molar-refractivity contribution in [3.63, 3.8) is 0 Å². The van der Waals surface area contributed by atoms with Gasteiger partial charge in [-0.1, -0.05) is 44.2 Å². The molecule has 4 aromatic rings. The molecule has 1 saturated carbocycles. The second-order valence-corrected chi connectivity index (χ2v) is 16.3. The lowest BCUT2D eigenvalue weighted by molar-refractivity contribution is -0.139. The normalized spacial score (nSPS) is 23.6. The average molecular weight is 694 g/mol. The van der Waals surface area contributed by atoms with E-state index in [1.54, 1.807) is 12.1 Å². The van der Waals surface area contributed by atoms with Gasteiger partial charge in [0.2, 0.25) is 0 Å². The third-order valence-electron chi connectivity index (χ3n) is 10.2. The first-order valence-corrected chi connectivity index (χ1v) is 18.2. The number of fused-ring (bicyclic) bond motifs is 8. The van der Waals surface area contributed by atoms with Crippen LogP contribution in [0.5, 0.6) is 0 Å². The average Bonchev–Trinajstić information content (AvgIpc) is 3.80. The Kier molecular flexibility index (Phi) is 9.69. The molecule has 270 valence electrons. The Morgan fingerprint density at radius 1 is 1.14 bits per heavy atom. The van der Waals surface area contributed by atoms with E-state index < -0.39 is 17.7 Å². The van der Waals surface area contributed by atoms with Crippen LogP contribution >= 0.6 is 0 Å². The summed E-state index contributed by atoms with van der Waals surface area (Å²) < 4.78 is 17.8. The van der Waals surface area contributed by atoms with E-state index in [1.807, 2.05) is 51.4 Å². The second kappa shape index (κ2) is 14.1. The van der Waals surface area contributed by atoms with Gasteiger partial charge in [-0.05, 0) is 97.9 Å². The van der Waals surface area contributed by atoms with Crippen molar-refractivity contribution >= 4 is 22.9 Å². The van der Waals surface area contributed by atoms with E-state index in [-0.39, 0.29) is 23.5 Å². The fourth-order valence-electron chi connectivity index (χ4n) is 7.67. The summed E-state index contributed by atoms with van der Waals surface area (Å²) in [5.74, 6) is 0.160. The summed E-state index contributed by atoms with van der Waals surface area (Å²) in [6, 6.07) is 16.1. The van der Waals surface area contributed by atoms with E-state index in [0.29, 0.717) is 32.1 Å². The summed E-state index contributed by atoms with van der Waals surface area (Å²) in [7, 11) is 1.72. The minimum Gasteiger partial charge on any atom is -0.444 e. The molecule has 2 amide bonds. The second-order valence-electron chi connectivity index (χ2n) is 16.3. The fraction of sp³-hybridized carbons (Fsp3) is 0.488. The van der Waals surface area contributed by atoms with Gasteiger partial charge in [0.1, 0.15) is 11.6 Å². The number of carbonyl (C=O) groups is 2. The van der Waals surface area contributed by atoms with Gasteiger partial charge in [0.15, 0.2) is 0 Å². The van der Waals surface area contributed by atoms with Crippen molar-refractivity contribution in [2.24, 2.45) is 11.3 Å². The number of hydrogen-bond acceptors (Lipinski definition) is 7. The highest BCUT2D eigenvalue weighted by atomic mass is 16.6. The molecule has 10 nitrogen and oxygen atoms in total. The lowest BCUT2D eigenvalue weighted by Crippen LogP contribution is -2.59.